The van der Waals surface area contributed by atoms with E-state index in [2.05, 4.69) is 22.0 Å². The highest BCUT2D eigenvalue weighted by Crippen LogP contribution is 2.25. The SMILES string of the molecule is CC(=O)N1CCCN(C(C)c2nc(-c3cccs3)no2)CC1. The van der Waals surface area contributed by atoms with Gasteiger partial charge in [-0.15, -0.1) is 11.3 Å². The molecule has 0 saturated carbocycles. The normalized spacial score (nSPS) is 18.2. The zero-order valence-corrected chi connectivity index (χ0v) is 13.7. The average Bonchev–Trinajstić information content (AvgIpc) is 3.12. The molecule has 0 bridgehead atoms. The van der Waals surface area contributed by atoms with E-state index in [4.69, 9.17) is 4.52 Å². The molecule has 0 spiro atoms. The molecule has 0 aliphatic carbocycles. The van der Waals surface area contributed by atoms with E-state index in [-0.39, 0.29) is 11.9 Å². The second-order valence-electron chi connectivity index (χ2n) is 5.51. The van der Waals surface area contributed by atoms with Gasteiger partial charge in [0.25, 0.3) is 0 Å². The molecule has 2 aromatic rings. The van der Waals surface area contributed by atoms with Crippen LogP contribution >= 0.6 is 11.3 Å². The minimum atomic E-state index is 0.0631. The molecule has 1 aliphatic rings. The van der Waals surface area contributed by atoms with Gasteiger partial charge in [-0.25, -0.2) is 0 Å². The van der Waals surface area contributed by atoms with Crippen molar-refractivity contribution in [3.8, 4) is 10.7 Å². The standard InChI is InChI=1S/C15H20N4O2S/c1-11(18-6-4-7-19(9-8-18)12(2)20)15-16-14(17-21-15)13-5-3-10-22-13/h3,5,10-11H,4,6-9H2,1-2H3. The smallest absolute Gasteiger partial charge is 0.244 e. The van der Waals surface area contributed by atoms with E-state index in [1.807, 2.05) is 22.4 Å². The fraction of sp³-hybridized carbons (Fsp3) is 0.533. The van der Waals surface area contributed by atoms with Crippen molar-refractivity contribution in [1.29, 1.82) is 0 Å². The van der Waals surface area contributed by atoms with E-state index >= 15 is 0 Å². The Morgan fingerprint density at radius 1 is 1.36 bits per heavy atom. The van der Waals surface area contributed by atoms with E-state index in [1.54, 1.807) is 18.3 Å². The van der Waals surface area contributed by atoms with Crippen LogP contribution in [0.2, 0.25) is 0 Å². The van der Waals surface area contributed by atoms with Crippen LogP contribution in [0.4, 0.5) is 0 Å². The topological polar surface area (TPSA) is 62.5 Å². The summed E-state index contributed by atoms with van der Waals surface area (Å²) in [6.07, 6.45) is 0.968. The van der Waals surface area contributed by atoms with Crippen molar-refractivity contribution < 1.29 is 9.32 Å². The third kappa shape index (κ3) is 3.20. The lowest BCUT2D eigenvalue weighted by Gasteiger charge is -2.24. The Balaban J connectivity index is 1.68. The molecule has 1 saturated heterocycles. The summed E-state index contributed by atoms with van der Waals surface area (Å²) < 4.78 is 5.44. The van der Waals surface area contributed by atoms with Crippen LogP contribution in [0.3, 0.4) is 0 Å². The summed E-state index contributed by atoms with van der Waals surface area (Å²) in [5, 5.41) is 6.07. The highest BCUT2D eigenvalue weighted by atomic mass is 32.1. The second kappa shape index (κ2) is 6.58. The molecule has 1 fully saturated rings. The molecular formula is C15H20N4O2S. The molecule has 22 heavy (non-hydrogen) atoms. The maximum Gasteiger partial charge on any atom is 0.244 e. The molecule has 1 aliphatic heterocycles. The van der Waals surface area contributed by atoms with Gasteiger partial charge in [0.15, 0.2) is 0 Å². The third-order valence-electron chi connectivity index (χ3n) is 4.06. The fourth-order valence-corrected chi connectivity index (χ4v) is 3.36. The Morgan fingerprint density at radius 3 is 2.95 bits per heavy atom. The Morgan fingerprint density at radius 2 is 2.23 bits per heavy atom. The summed E-state index contributed by atoms with van der Waals surface area (Å²) in [5.41, 5.74) is 0. The first kappa shape index (κ1) is 15.2. The first-order valence-corrected chi connectivity index (χ1v) is 8.40. The summed E-state index contributed by atoms with van der Waals surface area (Å²) in [5.74, 6) is 1.43. The number of carbonyl (C=O) groups is 1. The van der Waals surface area contributed by atoms with Gasteiger partial charge in [-0.1, -0.05) is 11.2 Å². The number of rotatable bonds is 3. The van der Waals surface area contributed by atoms with Crippen LogP contribution in [0.1, 0.15) is 32.2 Å². The molecule has 0 N–H and O–H groups in total. The maximum absolute atomic E-state index is 11.5. The van der Waals surface area contributed by atoms with Crippen LogP contribution in [0.15, 0.2) is 22.0 Å². The fourth-order valence-electron chi connectivity index (χ4n) is 2.71. The molecular weight excluding hydrogens is 300 g/mol. The molecule has 7 heteroatoms. The predicted octanol–water partition coefficient (Wildman–Crippen LogP) is 2.41. The quantitative estimate of drug-likeness (QED) is 0.869. The van der Waals surface area contributed by atoms with Gasteiger partial charge in [0.05, 0.1) is 10.9 Å². The van der Waals surface area contributed by atoms with E-state index < -0.39 is 0 Å². The molecule has 118 valence electrons. The van der Waals surface area contributed by atoms with Crippen LogP contribution < -0.4 is 0 Å². The molecule has 0 aromatic carbocycles. The van der Waals surface area contributed by atoms with E-state index in [0.717, 1.165) is 37.5 Å². The van der Waals surface area contributed by atoms with Crippen molar-refractivity contribution >= 4 is 17.2 Å². The molecule has 3 heterocycles. The van der Waals surface area contributed by atoms with Crippen LogP contribution in [-0.2, 0) is 4.79 Å². The summed E-state index contributed by atoms with van der Waals surface area (Å²) in [6.45, 7) is 7.05. The van der Waals surface area contributed by atoms with Crippen LogP contribution in [0.25, 0.3) is 10.7 Å². The first-order valence-electron chi connectivity index (χ1n) is 7.52. The zero-order chi connectivity index (χ0) is 15.5. The molecule has 1 unspecified atom stereocenters. The lowest BCUT2D eigenvalue weighted by molar-refractivity contribution is -0.128. The van der Waals surface area contributed by atoms with Gasteiger partial charge in [0, 0.05) is 33.1 Å². The third-order valence-corrected chi connectivity index (χ3v) is 4.93. The predicted molar refractivity (Wildman–Crippen MR) is 84.5 cm³/mol. The lowest BCUT2D eigenvalue weighted by Crippen LogP contribution is -2.34. The van der Waals surface area contributed by atoms with E-state index in [9.17, 15) is 4.79 Å². The van der Waals surface area contributed by atoms with E-state index in [1.165, 1.54) is 0 Å². The number of hydrogen-bond acceptors (Lipinski definition) is 6. The summed E-state index contributed by atoms with van der Waals surface area (Å²) in [6, 6.07) is 4.03. The molecule has 1 atom stereocenters. The number of nitrogens with zero attached hydrogens (tertiary/aromatic N) is 4. The Hall–Kier alpha value is -1.73. The minimum Gasteiger partial charge on any atom is -0.342 e. The zero-order valence-electron chi connectivity index (χ0n) is 12.9. The van der Waals surface area contributed by atoms with Gasteiger partial charge in [-0.3, -0.25) is 9.69 Å². The lowest BCUT2D eigenvalue weighted by atomic mass is 10.2. The number of aromatic nitrogens is 2. The van der Waals surface area contributed by atoms with Crippen molar-refractivity contribution in [2.75, 3.05) is 26.2 Å². The van der Waals surface area contributed by atoms with Gasteiger partial charge in [-0.05, 0) is 24.8 Å². The Bertz CT molecular complexity index is 625. The van der Waals surface area contributed by atoms with Gasteiger partial charge < -0.3 is 9.42 Å². The van der Waals surface area contributed by atoms with E-state index in [0.29, 0.717) is 11.7 Å². The van der Waals surface area contributed by atoms with Crippen molar-refractivity contribution in [3.63, 3.8) is 0 Å². The van der Waals surface area contributed by atoms with Crippen molar-refractivity contribution in [3.05, 3.63) is 23.4 Å². The maximum atomic E-state index is 11.5. The van der Waals surface area contributed by atoms with Crippen molar-refractivity contribution in [2.24, 2.45) is 0 Å². The number of thiophene rings is 1. The van der Waals surface area contributed by atoms with Gasteiger partial charge in [-0.2, -0.15) is 4.98 Å². The average molecular weight is 320 g/mol. The molecule has 0 radical (unpaired) electrons. The highest BCUT2D eigenvalue weighted by molar-refractivity contribution is 7.13. The van der Waals surface area contributed by atoms with Crippen molar-refractivity contribution in [2.45, 2.75) is 26.3 Å². The van der Waals surface area contributed by atoms with Gasteiger partial charge >= 0.3 is 0 Å². The largest absolute Gasteiger partial charge is 0.342 e. The van der Waals surface area contributed by atoms with Gasteiger partial charge in [0.2, 0.25) is 17.6 Å². The monoisotopic (exact) mass is 320 g/mol. The first-order chi connectivity index (χ1) is 10.6. The van der Waals surface area contributed by atoms with Crippen molar-refractivity contribution in [1.82, 2.24) is 19.9 Å². The Labute approximate surface area is 133 Å². The summed E-state index contributed by atoms with van der Waals surface area (Å²) >= 11 is 1.60. The minimum absolute atomic E-state index is 0.0631. The second-order valence-corrected chi connectivity index (χ2v) is 6.45. The Kier molecular flexibility index (Phi) is 4.54. The molecule has 6 nitrogen and oxygen atoms in total. The molecule has 2 aromatic heterocycles. The molecule has 3 rings (SSSR count). The number of carbonyl (C=O) groups excluding carboxylic acids is 1. The number of amides is 1. The van der Waals surface area contributed by atoms with Gasteiger partial charge in [0.1, 0.15) is 0 Å². The van der Waals surface area contributed by atoms with Crippen LogP contribution in [-0.4, -0.2) is 52.0 Å². The van der Waals surface area contributed by atoms with Crippen LogP contribution in [0.5, 0.6) is 0 Å². The highest BCUT2D eigenvalue weighted by Gasteiger charge is 2.25. The summed E-state index contributed by atoms with van der Waals surface area (Å²) in [7, 11) is 0. The summed E-state index contributed by atoms with van der Waals surface area (Å²) in [4.78, 5) is 21.2. The van der Waals surface area contributed by atoms with Crippen LogP contribution in [0, 0.1) is 0 Å². The number of hydrogen-bond donors (Lipinski definition) is 0. The molecule has 1 amide bonds.